The molecule has 1 atom stereocenters. The highest BCUT2D eigenvalue weighted by molar-refractivity contribution is 7.91. The smallest absolute Gasteiger partial charge is 0.416 e. The minimum absolute atomic E-state index is 0.0294. The van der Waals surface area contributed by atoms with E-state index < -0.39 is 33.6 Å². The number of amidine groups is 1. The zero-order valence-electron chi connectivity index (χ0n) is 13.8. The van der Waals surface area contributed by atoms with Crippen molar-refractivity contribution in [3.8, 4) is 0 Å². The molecule has 11 heteroatoms. The molecule has 1 heterocycles. The highest BCUT2D eigenvalue weighted by Crippen LogP contribution is 2.30. The molecule has 1 aromatic carbocycles. The van der Waals surface area contributed by atoms with Crippen molar-refractivity contribution in [1.29, 1.82) is 0 Å². The van der Waals surface area contributed by atoms with Gasteiger partial charge in [-0.1, -0.05) is 6.07 Å². The maximum atomic E-state index is 12.7. The van der Waals surface area contributed by atoms with Crippen LogP contribution in [0.2, 0.25) is 0 Å². The van der Waals surface area contributed by atoms with Gasteiger partial charge in [0.15, 0.2) is 9.84 Å². The van der Waals surface area contributed by atoms with Crippen LogP contribution in [0.1, 0.15) is 18.9 Å². The predicted molar refractivity (Wildman–Crippen MR) is 89.3 cm³/mol. The van der Waals surface area contributed by atoms with Gasteiger partial charge in [-0.15, -0.1) is 0 Å². The monoisotopic (exact) mass is 393 g/mol. The largest absolute Gasteiger partial charge is 0.460 e. The average molecular weight is 393 g/mol. The molecule has 1 aromatic rings. The fraction of sp³-hybridized carbons (Fsp3) is 0.467. The lowest BCUT2D eigenvalue weighted by atomic mass is 10.2. The topological polar surface area (TPSA) is 96.9 Å². The van der Waals surface area contributed by atoms with Crippen LogP contribution in [-0.2, 0) is 25.5 Å². The third kappa shape index (κ3) is 5.61. The lowest BCUT2D eigenvalue weighted by Gasteiger charge is -2.14. The van der Waals surface area contributed by atoms with Crippen LogP contribution >= 0.6 is 0 Å². The number of rotatable bonds is 4. The van der Waals surface area contributed by atoms with E-state index in [0.29, 0.717) is 0 Å². The first-order valence-electron chi connectivity index (χ1n) is 7.75. The molecule has 2 rings (SSSR count). The number of hydrogen-bond acceptors (Lipinski definition) is 6. The fourth-order valence-corrected chi connectivity index (χ4v) is 3.93. The van der Waals surface area contributed by atoms with Gasteiger partial charge in [-0.05, 0) is 31.5 Å². The van der Waals surface area contributed by atoms with Crippen LogP contribution in [0.4, 0.5) is 18.9 Å². The number of ether oxygens (including phenoxy) is 1. The number of hydrogen-bond donors (Lipinski definition) is 2. The number of carbonyl (C=O) groups is 1. The second kappa shape index (κ2) is 7.94. The second-order valence-electron chi connectivity index (χ2n) is 5.58. The van der Waals surface area contributed by atoms with Crippen molar-refractivity contribution < 1.29 is 31.1 Å². The zero-order valence-corrected chi connectivity index (χ0v) is 14.7. The lowest BCUT2D eigenvalue weighted by molar-refractivity contribution is -0.137. The van der Waals surface area contributed by atoms with Crippen LogP contribution in [0.25, 0.3) is 0 Å². The Hall–Kier alpha value is -2.30. The van der Waals surface area contributed by atoms with E-state index in [1.165, 1.54) is 12.1 Å². The van der Waals surface area contributed by atoms with Crippen molar-refractivity contribution in [2.45, 2.75) is 25.6 Å². The number of aliphatic imine (C=N–C) groups is 1. The van der Waals surface area contributed by atoms with E-state index >= 15 is 0 Å². The molecule has 0 aromatic heterocycles. The number of anilines is 1. The first-order chi connectivity index (χ1) is 12.1. The van der Waals surface area contributed by atoms with Crippen molar-refractivity contribution in [2.75, 3.05) is 23.5 Å². The second-order valence-corrected chi connectivity index (χ2v) is 7.81. The van der Waals surface area contributed by atoms with E-state index in [0.717, 1.165) is 12.1 Å². The van der Waals surface area contributed by atoms with Gasteiger partial charge in [0.2, 0.25) is 5.84 Å². The van der Waals surface area contributed by atoms with Gasteiger partial charge in [0, 0.05) is 0 Å². The molecule has 1 aliphatic rings. The third-order valence-corrected chi connectivity index (χ3v) is 5.25. The van der Waals surface area contributed by atoms with Gasteiger partial charge in [-0.3, -0.25) is 15.8 Å². The molecule has 1 saturated heterocycles. The van der Waals surface area contributed by atoms with Crippen LogP contribution < -0.4 is 10.9 Å². The van der Waals surface area contributed by atoms with Crippen molar-refractivity contribution in [3.63, 3.8) is 0 Å². The minimum Gasteiger partial charge on any atom is -0.460 e. The van der Waals surface area contributed by atoms with Crippen LogP contribution in [0.3, 0.4) is 0 Å². The summed E-state index contributed by atoms with van der Waals surface area (Å²) in [5.41, 5.74) is 4.07. The standard InChI is InChI=1S/C15H18F3N3O4S/c1-2-25-14(22)13(19-12-6-7-26(23,24)9-12)21-20-11-5-3-4-10(8-11)15(16,17)18/h3-5,8,12,20H,2,6-7,9H2,1H3,(H,19,21)/t12-/m1/s1. The van der Waals surface area contributed by atoms with Gasteiger partial charge in [0.05, 0.1) is 35.4 Å². The summed E-state index contributed by atoms with van der Waals surface area (Å²) in [5, 5.41) is 0. The van der Waals surface area contributed by atoms with Crippen LogP contribution in [0, 0.1) is 0 Å². The van der Waals surface area contributed by atoms with Crippen molar-refractivity contribution in [1.82, 2.24) is 5.43 Å². The van der Waals surface area contributed by atoms with Crippen molar-refractivity contribution in [3.05, 3.63) is 29.8 Å². The van der Waals surface area contributed by atoms with Crippen molar-refractivity contribution >= 4 is 27.3 Å². The Balaban J connectivity index is 2.14. The summed E-state index contributed by atoms with van der Waals surface area (Å²) in [4.78, 5) is 16.0. The molecule has 0 spiro atoms. The molecule has 0 saturated carbocycles. The first kappa shape index (κ1) is 20.0. The molecule has 2 N–H and O–H groups in total. The number of esters is 1. The quantitative estimate of drug-likeness (QED) is 0.350. The van der Waals surface area contributed by atoms with Gasteiger partial charge in [0.25, 0.3) is 0 Å². The summed E-state index contributed by atoms with van der Waals surface area (Å²) >= 11 is 0. The maximum Gasteiger partial charge on any atom is 0.416 e. The predicted octanol–water partition coefficient (Wildman–Crippen LogP) is 1.77. The molecular weight excluding hydrogens is 375 g/mol. The van der Waals surface area contributed by atoms with E-state index in [4.69, 9.17) is 4.74 Å². The minimum atomic E-state index is -4.51. The fourth-order valence-electron chi connectivity index (χ4n) is 2.30. The van der Waals surface area contributed by atoms with E-state index in [-0.39, 0.29) is 36.1 Å². The van der Waals surface area contributed by atoms with Crippen LogP contribution in [0.15, 0.2) is 29.3 Å². The molecular formula is C15H18F3N3O4S. The number of halogens is 3. The number of hydrazine groups is 1. The first-order valence-corrected chi connectivity index (χ1v) is 9.57. The number of carbonyl (C=O) groups excluding carboxylic acids is 1. The molecule has 0 radical (unpaired) electrons. The van der Waals surface area contributed by atoms with E-state index in [9.17, 15) is 26.4 Å². The van der Waals surface area contributed by atoms with E-state index in [1.54, 1.807) is 6.92 Å². The number of sulfone groups is 1. The Kier molecular flexibility index (Phi) is 6.11. The Morgan fingerprint density at radius 1 is 1.38 bits per heavy atom. The molecule has 1 fully saturated rings. The number of alkyl halides is 3. The molecule has 7 nitrogen and oxygen atoms in total. The van der Waals surface area contributed by atoms with Gasteiger partial charge in [0.1, 0.15) is 0 Å². The summed E-state index contributed by atoms with van der Waals surface area (Å²) in [5.74, 6) is -1.36. The lowest BCUT2D eigenvalue weighted by Crippen LogP contribution is -2.38. The van der Waals surface area contributed by atoms with Crippen molar-refractivity contribution in [2.24, 2.45) is 4.99 Å². The van der Waals surface area contributed by atoms with Gasteiger partial charge >= 0.3 is 12.1 Å². The summed E-state index contributed by atoms with van der Waals surface area (Å²) in [6.45, 7) is 1.64. The number of nitrogens with one attached hydrogen (secondary N) is 2. The Morgan fingerprint density at radius 2 is 2.12 bits per heavy atom. The van der Waals surface area contributed by atoms with Gasteiger partial charge in [-0.25, -0.2) is 13.2 Å². The summed E-state index contributed by atoms with van der Waals surface area (Å²) in [7, 11) is -3.20. The van der Waals surface area contributed by atoms with Gasteiger partial charge < -0.3 is 4.74 Å². The molecule has 0 amide bonds. The Morgan fingerprint density at radius 3 is 2.69 bits per heavy atom. The summed E-state index contributed by atoms with van der Waals surface area (Å²) in [6.07, 6.45) is -4.25. The SMILES string of the molecule is CCOC(=O)C(=N[C@@H]1CCS(=O)(=O)C1)NNc1cccc(C(F)(F)F)c1. The van der Waals surface area contributed by atoms with Crippen LogP contribution in [0.5, 0.6) is 0 Å². The zero-order chi connectivity index (χ0) is 19.4. The molecule has 26 heavy (non-hydrogen) atoms. The van der Waals surface area contributed by atoms with E-state index in [1.807, 2.05) is 0 Å². The Bertz CT molecular complexity index is 794. The third-order valence-electron chi connectivity index (χ3n) is 3.50. The highest BCUT2D eigenvalue weighted by Gasteiger charge is 2.31. The normalized spacial score (nSPS) is 19.8. The summed E-state index contributed by atoms with van der Waals surface area (Å²) < 4.78 is 66.0. The maximum absolute atomic E-state index is 12.7. The average Bonchev–Trinajstić information content (AvgIpc) is 2.90. The number of benzene rings is 1. The van der Waals surface area contributed by atoms with Crippen LogP contribution in [-0.4, -0.2) is 44.4 Å². The molecule has 0 unspecified atom stereocenters. The van der Waals surface area contributed by atoms with E-state index in [2.05, 4.69) is 15.8 Å². The number of nitrogens with zero attached hydrogens (tertiary/aromatic N) is 1. The molecule has 0 aliphatic carbocycles. The summed E-state index contributed by atoms with van der Waals surface area (Å²) in [6, 6.07) is 3.73. The Labute approximate surface area is 148 Å². The molecule has 1 aliphatic heterocycles. The highest BCUT2D eigenvalue weighted by atomic mass is 32.2. The van der Waals surface area contributed by atoms with Gasteiger partial charge in [-0.2, -0.15) is 13.2 Å². The molecule has 0 bridgehead atoms. The molecule has 144 valence electrons.